The van der Waals surface area contributed by atoms with E-state index in [1.807, 2.05) is 42.6 Å². The minimum atomic E-state index is -4.66. The van der Waals surface area contributed by atoms with Gasteiger partial charge in [0, 0.05) is 69.9 Å². The minimum Gasteiger partial charge on any atom is -0.367 e. The van der Waals surface area contributed by atoms with Crippen molar-refractivity contribution in [1.29, 1.82) is 0 Å². The van der Waals surface area contributed by atoms with Gasteiger partial charge >= 0.3 is 11.9 Å². The van der Waals surface area contributed by atoms with E-state index >= 15 is 0 Å². The number of aromatic amines is 1. The van der Waals surface area contributed by atoms with Crippen LogP contribution in [0.25, 0.3) is 39.1 Å². The van der Waals surface area contributed by atoms with Crippen molar-refractivity contribution in [3.05, 3.63) is 89.2 Å². The Balaban J connectivity index is 1.41. The number of carbonyl (C=O) groups is 1. The highest BCUT2D eigenvalue weighted by atomic mass is 19.4. The number of pyridine rings is 1. The molecule has 1 amide bonds. The second kappa shape index (κ2) is 9.99. The first-order valence-electron chi connectivity index (χ1n) is 13.1. The summed E-state index contributed by atoms with van der Waals surface area (Å²) >= 11 is 0. The monoisotopic (exact) mass is 560 g/mol. The molecule has 2 aromatic carbocycles. The van der Waals surface area contributed by atoms with Crippen LogP contribution >= 0.6 is 0 Å². The topological polar surface area (TPSA) is 79.2 Å². The van der Waals surface area contributed by atoms with Crippen LogP contribution in [0, 0.1) is 0 Å². The number of rotatable bonds is 4. The molecule has 0 unspecified atom stereocenters. The van der Waals surface area contributed by atoms with E-state index in [1.165, 1.54) is 28.2 Å². The quantitative estimate of drug-likeness (QED) is 0.333. The predicted molar refractivity (Wildman–Crippen MR) is 151 cm³/mol. The van der Waals surface area contributed by atoms with Crippen LogP contribution in [0.3, 0.4) is 0 Å². The number of nitrogens with one attached hydrogen (secondary N) is 1. The van der Waals surface area contributed by atoms with Gasteiger partial charge in [-0.1, -0.05) is 6.07 Å². The number of benzene rings is 2. The lowest BCUT2D eigenvalue weighted by Gasteiger charge is -2.36. The van der Waals surface area contributed by atoms with Gasteiger partial charge in [0.25, 0.3) is 0 Å². The summed E-state index contributed by atoms with van der Waals surface area (Å²) in [7, 11) is 1.56. The molecule has 3 aromatic heterocycles. The van der Waals surface area contributed by atoms with Crippen molar-refractivity contribution in [1.82, 2.24) is 24.0 Å². The Morgan fingerprint density at radius 2 is 1.71 bits per heavy atom. The third-order valence-electron chi connectivity index (χ3n) is 7.57. The van der Waals surface area contributed by atoms with Crippen molar-refractivity contribution in [3.8, 4) is 28.2 Å². The fourth-order valence-corrected chi connectivity index (χ4v) is 5.40. The van der Waals surface area contributed by atoms with E-state index in [1.54, 1.807) is 29.2 Å². The zero-order valence-electron chi connectivity index (χ0n) is 22.4. The second-order valence-electron chi connectivity index (χ2n) is 10.1. The maximum Gasteiger partial charge on any atom is 0.418 e. The molecule has 0 atom stereocenters. The van der Waals surface area contributed by atoms with Crippen LogP contribution in [0.4, 0.5) is 18.9 Å². The molecule has 1 aliphatic heterocycles. The Kier molecular flexibility index (Phi) is 6.44. The number of hydrogen-bond donors (Lipinski definition) is 1. The molecule has 5 aromatic rings. The van der Waals surface area contributed by atoms with Gasteiger partial charge in [0.1, 0.15) is 0 Å². The zero-order chi connectivity index (χ0) is 28.9. The van der Waals surface area contributed by atoms with Crippen molar-refractivity contribution in [2.24, 2.45) is 7.05 Å². The SMILES string of the molecule is CC(=O)N1CCN(c2ccc(-n3c(-c4cc(-c5ccc6[nH]ccc6c5)ccn4)cn(C)c3=O)cc2C(F)(F)F)CC1. The predicted octanol–water partition coefficient (Wildman–Crippen LogP) is 5.07. The smallest absolute Gasteiger partial charge is 0.367 e. The first-order valence-corrected chi connectivity index (χ1v) is 13.1. The number of hydrogen-bond acceptors (Lipinski definition) is 4. The number of anilines is 1. The van der Waals surface area contributed by atoms with Gasteiger partial charge in [-0.2, -0.15) is 13.2 Å². The molecule has 11 heteroatoms. The van der Waals surface area contributed by atoms with E-state index in [2.05, 4.69) is 9.97 Å². The highest BCUT2D eigenvalue weighted by Crippen LogP contribution is 2.39. The molecule has 6 rings (SSSR count). The second-order valence-corrected chi connectivity index (χ2v) is 10.1. The van der Waals surface area contributed by atoms with E-state index in [0.717, 1.165) is 28.1 Å². The number of halogens is 3. The number of amides is 1. The fourth-order valence-electron chi connectivity index (χ4n) is 5.40. The summed E-state index contributed by atoms with van der Waals surface area (Å²) in [6.07, 6.45) is 0.406. The van der Waals surface area contributed by atoms with Gasteiger partial charge in [-0.3, -0.25) is 14.3 Å². The number of H-pyrrole nitrogens is 1. The van der Waals surface area contributed by atoms with Crippen molar-refractivity contribution >= 4 is 22.5 Å². The highest BCUT2D eigenvalue weighted by Gasteiger charge is 2.36. The average Bonchev–Trinajstić information content (AvgIpc) is 3.56. The van der Waals surface area contributed by atoms with Crippen LogP contribution < -0.4 is 10.6 Å². The number of carbonyl (C=O) groups excluding carboxylic acids is 1. The Morgan fingerprint density at radius 3 is 2.44 bits per heavy atom. The molecule has 1 aliphatic rings. The van der Waals surface area contributed by atoms with Crippen LogP contribution in [0.1, 0.15) is 12.5 Å². The first-order chi connectivity index (χ1) is 19.6. The Hall–Kier alpha value is -4.80. The summed E-state index contributed by atoms with van der Waals surface area (Å²) in [5, 5.41) is 1.04. The summed E-state index contributed by atoms with van der Waals surface area (Å²) in [5.74, 6) is -0.102. The lowest BCUT2D eigenvalue weighted by molar-refractivity contribution is -0.137. The third kappa shape index (κ3) is 4.88. The van der Waals surface area contributed by atoms with E-state index < -0.39 is 17.4 Å². The molecule has 1 fully saturated rings. The summed E-state index contributed by atoms with van der Waals surface area (Å²) in [4.78, 5) is 35.8. The molecule has 210 valence electrons. The lowest BCUT2D eigenvalue weighted by atomic mass is 10.0. The van der Waals surface area contributed by atoms with Gasteiger partial charge in [-0.05, 0) is 65.0 Å². The molecular weight excluding hydrogens is 533 g/mol. The van der Waals surface area contributed by atoms with Gasteiger partial charge in [0.05, 0.1) is 22.6 Å². The summed E-state index contributed by atoms with van der Waals surface area (Å²) in [5.41, 5.74) is 2.41. The van der Waals surface area contributed by atoms with Crippen LogP contribution in [-0.2, 0) is 18.0 Å². The Labute approximate surface area is 233 Å². The molecule has 0 saturated carbocycles. The van der Waals surface area contributed by atoms with Gasteiger partial charge < -0.3 is 19.4 Å². The third-order valence-corrected chi connectivity index (χ3v) is 7.57. The van der Waals surface area contributed by atoms with Gasteiger partial charge in [-0.25, -0.2) is 4.79 Å². The number of aromatic nitrogens is 4. The zero-order valence-corrected chi connectivity index (χ0v) is 22.4. The summed E-state index contributed by atoms with van der Waals surface area (Å²) in [6.45, 7) is 2.70. The molecule has 0 aliphatic carbocycles. The lowest BCUT2D eigenvalue weighted by Crippen LogP contribution is -2.48. The van der Waals surface area contributed by atoms with Crippen molar-refractivity contribution in [2.45, 2.75) is 13.1 Å². The number of piperazine rings is 1. The molecule has 1 saturated heterocycles. The van der Waals surface area contributed by atoms with Gasteiger partial charge in [-0.15, -0.1) is 0 Å². The van der Waals surface area contributed by atoms with E-state index in [9.17, 15) is 22.8 Å². The van der Waals surface area contributed by atoms with Crippen LogP contribution in [-0.4, -0.2) is 56.1 Å². The van der Waals surface area contributed by atoms with E-state index in [0.29, 0.717) is 24.5 Å². The number of nitrogens with zero attached hydrogens (tertiary/aromatic N) is 5. The Morgan fingerprint density at radius 1 is 0.951 bits per heavy atom. The minimum absolute atomic E-state index is 0.0234. The van der Waals surface area contributed by atoms with Crippen LogP contribution in [0.2, 0.25) is 0 Å². The number of aryl methyl sites for hydroxylation is 1. The molecule has 0 radical (unpaired) electrons. The van der Waals surface area contributed by atoms with Crippen molar-refractivity contribution in [3.63, 3.8) is 0 Å². The van der Waals surface area contributed by atoms with Gasteiger partial charge in [0.15, 0.2) is 0 Å². The molecule has 4 heterocycles. The van der Waals surface area contributed by atoms with E-state index in [4.69, 9.17) is 0 Å². The van der Waals surface area contributed by atoms with Crippen molar-refractivity contribution in [2.75, 3.05) is 31.1 Å². The molecule has 41 heavy (non-hydrogen) atoms. The maximum atomic E-state index is 14.4. The summed E-state index contributed by atoms with van der Waals surface area (Å²) in [6, 6.07) is 15.6. The van der Waals surface area contributed by atoms with E-state index in [-0.39, 0.29) is 30.4 Å². The first kappa shape index (κ1) is 26.4. The average molecular weight is 561 g/mol. The maximum absolute atomic E-state index is 14.4. The van der Waals surface area contributed by atoms with Crippen molar-refractivity contribution < 1.29 is 18.0 Å². The highest BCUT2D eigenvalue weighted by molar-refractivity contribution is 5.85. The molecule has 1 N–H and O–H groups in total. The number of imidazole rings is 1. The molecular formula is C30H27F3N6O2. The largest absolute Gasteiger partial charge is 0.418 e. The molecule has 8 nitrogen and oxygen atoms in total. The normalized spacial score (nSPS) is 14.2. The Bertz CT molecular complexity index is 1830. The number of alkyl halides is 3. The van der Waals surface area contributed by atoms with Crippen LogP contribution in [0.5, 0.6) is 0 Å². The molecule has 0 bridgehead atoms. The molecule has 0 spiro atoms. The van der Waals surface area contributed by atoms with Gasteiger partial charge in [0.2, 0.25) is 5.91 Å². The number of fused-ring (bicyclic) bond motifs is 1. The fraction of sp³-hybridized carbons (Fsp3) is 0.233. The standard InChI is InChI=1S/C30H27F3N6O2/c1-19(40)37-11-13-38(14-12-37)27-6-4-23(17-24(27)30(31,32)33)39-28(18-36(2)29(39)41)26-16-21(7-9-35-26)20-3-5-25-22(15-20)8-10-34-25/h3-10,15-18,34H,11-14H2,1-2H3. The van der Waals surface area contributed by atoms with Crippen LogP contribution in [0.15, 0.2) is 78.0 Å². The summed E-state index contributed by atoms with van der Waals surface area (Å²) < 4.78 is 45.7.